The first-order chi connectivity index (χ1) is 5.08. The lowest BCUT2D eigenvalue weighted by molar-refractivity contribution is -0.117. The van der Waals surface area contributed by atoms with Crippen molar-refractivity contribution >= 4 is 5.91 Å². The minimum Gasteiger partial charge on any atom is -0.403 e. The molecule has 4 nitrogen and oxygen atoms in total. The van der Waals surface area contributed by atoms with E-state index in [-0.39, 0.29) is 5.91 Å². The van der Waals surface area contributed by atoms with Crippen molar-refractivity contribution in [3.05, 3.63) is 11.9 Å². The summed E-state index contributed by atoms with van der Waals surface area (Å²) in [6.07, 6.45) is 1.97. The molecular formula is C7H17N3O. The Balaban J connectivity index is 0. The lowest BCUT2D eigenvalue weighted by Crippen LogP contribution is -2.06. The van der Waals surface area contributed by atoms with Gasteiger partial charge in [0.2, 0.25) is 5.91 Å². The smallest absolute Gasteiger partial charge is 0.217 e. The van der Waals surface area contributed by atoms with Gasteiger partial charge in [-0.05, 0) is 6.92 Å². The van der Waals surface area contributed by atoms with Gasteiger partial charge < -0.3 is 16.8 Å². The largest absolute Gasteiger partial charge is 0.403 e. The standard InChI is InChI=1S/C4H10N2.C3H7NO/c1-4(3-5)6-2;1-2-3(4)5/h3,6H,5H2,1-2H3;2H2,1H3,(H2,4,5)/b4-3-;. The molecular weight excluding hydrogens is 142 g/mol. The van der Waals surface area contributed by atoms with Crippen LogP contribution in [0.15, 0.2) is 11.9 Å². The highest BCUT2D eigenvalue weighted by molar-refractivity contribution is 5.73. The number of amides is 1. The van der Waals surface area contributed by atoms with E-state index < -0.39 is 0 Å². The second kappa shape index (κ2) is 8.81. The molecule has 0 rings (SSSR count). The zero-order valence-corrected chi connectivity index (χ0v) is 7.35. The van der Waals surface area contributed by atoms with Crippen molar-refractivity contribution in [2.45, 2.75) is 20.3 Å². The van der Waals surface area contributed by atoms with E-state index in [1.165, 1.54) is 6.20 Å². The number of hydrogen-bond donors (Lipinski definition) is 3. The Morgan fingerprint density at radius 1 is 1.64 bits per heavy atom. The van der Waals surface area contributed by atoms with Crippen LogP contribution in [0.4, 0.5) is 0 Å². The van der Waals surface area contributed by atoms with Crippen molar-refractivity contribution in [2.75, 3.05) is 7.05 Å². The molecule has 1 amide bonds. The van der Waals surface area contributed by atoms with E-state index in [2.05, 4.69) is 11.1 Å². The first kappa shape index (κ1) is 12.5. The summed E-state index contributed by atoms with van der Waals surface area (Å²) in [7, 11) is 1.83. The summed E-state index contributed by atoms with van der Waals surface area (Å²) in [5, 5.41) is 2.85. The minimum absolute atomic E-state index is 0.245. The molecule has 0 aliphatic heterocycles. The van der Waals surface area contributed by atoms with Gasteiger partial charge in [-0.1, -0.05) is 6.92 Å². The van der Waals surface area contributed by atoms with Crippen LogP contribution in [0.25, 0.3) is 0 Å². The molecule has 0 atom stereocenters. The Morgan fingerprint density at radius 2 is 2.00 bits per heavy atom. The van der Waals surface area contributed by atoms with Crippen LogP contribution < -0.4 is 16.8 Å². The molecule has 0 unspecified atom stereocenters. The van der Waals surface area contributed by atoms with E-state index in [9.17, 15) is 4.79 Å². The molecule has 0 saturated carbocycles. The van der Waals surface area contributed by atoms with Crippen molar-refractivity contribution in [1.29, 1.82) is 0 Å². The molecule has 0 bridgehead atoms. The molecule has 5 N–H and O–H groups in total. The molecule has 0 saturated heterocycles. The molecule has 0 aromatic heterocycles. The fourth-order valence-corrected chi connectivity index (χ4v) is 0.0833. The maximum atomic E-state index is 9.59. The van der Waals surface area contributed by atoms with Crippen LogP contribution >= 0.6 is 0 Å². The number of nitrogens with one attached hydrogen (secondary N) is 1. The maximum Gasteiger partial charge on any atom is 0.217 e. The van der Waals surface area contributed by atoms with Crippen molar-refractivity contribution in [2.24, 2.45) is 11.5 Å². The van der Waals surface area contributed by atoms with Gasteiger partial charge in [-0.3, -0.25) is 4.79 Å². The zero-order valence-electron chi connectivity index (χ0n) is 7.35. The summed E-state index contributed by atoms with van der Waals surface area (Å²) in [6, 6.07) is 0. The summed E-state index contributed by atoms with van der Waals surface area (Å²) < 4.78 is 0. The lowest BCUT2D eigenvalue weighted by Gasteiger charge is -1.91. The average Bonchev–Trinajstić information content (AvgIpc) is 2.04. The topological polar surface area (TPSA) is 81.1 Å². The predicted octanol–water partition coefficient (Wildman–Crippen LogP) is -0.0925. The monoisotopic (exact) mass is 159 g/mol. The number of rotatable bonds is 2. The average molecular weight is 159 g/mol. The first-order valence-electron chi connectivity index (χ1n) is 3.43. The van der Waals surface area contributed by atoms with Gasteiger partial charge in [0.1, 0.15) is 0 Å². The van der Waals surface area contributed by atoms with Gasteiger partial charge in [0.25, 0.3) is 0 Å². The van der Waals surface area contributed by atoms with Gasteiger partial charge in [0, 0.05) is 25.4 Å². The van der Waals surface area contributed by atoms with Crippen LogP contribution in [0.2, 0.25) is 0 Å². The minimum atomic E-state index is -0.245. The molecule has 66 valence electrons. The van der Waals surface area contributed by atoms with Crippen LogP contribution in [0.3, 0.4) is 0 Å². The molecule has 0 fully saturated rings. The van der Waals surface area contributed by atoms with E-state index in [1.54, 1.807) is 6.92 Å². The van der Waals surface area contributed by atoms with Crippen molar-refractivity contribution in [3.8, 4) is 0 Å². The highest BCUT2D eigenvalue weighted by atomic mass is 16.1. The third kappa shape index (κ3) is 17.7. The van der Waals surface area contributed by atoms with Crippen LogP contribution in [0, 0.1) is 0 Å². The number of hydrogen-bond acceptors (Lipinski definition) is 3. The molecule has 0 spiro atoms. The van der Waals surface area contributed by atoms with Crippen LogP contribution in [0.1, 0.15) is 20.3 Å². The Kier molecular flexibility index (Phi) is 10.00. The maximum absolute atomic E-state index is 9.59. The summed E-state index contributed by atoms with van der Waals surface area (Å²) in [6.45, 7) is 3.63. The van der Waals surface area contributed by atoms with Crippen LogP contribution in [0.5, 0.6) is 0 Å². The van der Waals surface area contributed by atoms with E-state index >= 15 is 0 Å². The second-order valence-electron chi connectivity index (χ2n) is 1.92. The van der Waals surface area contributed by atoms with Crippen molar-refractivity contribution in [3.63, 3.8) is 0 Å². The van der Waals surface area contributed by atoms with Gasteiger partial charge in [-0.15, -0.1) is 0 Å². The fraction of sp³-hybridized carbons (Fsp3) is 0.571. The van der Waals surface area contributed by atoms with E-state index in [1.807, 2.05) is 14.0 Å². The molecule has 0 aromatic carbocycles. The van der Waals surface area contributed by atoms with E-state index in [0.717, 1.165) is 5.70 Å². The molecule has 0 radical (unpaired) electrons. The van der Waals surface area contributed by atoms with Gasteiger partial charge in [0.05, 0.1) is 0 Å². The number of primary amides is 1. The lowest BCUT2D eigenvalue weighted by atomic mass is 10.5. The molecule has 0 aromatic rings. The Hall–Kier alpha value is -1.19. The molecule has 0 aliphatic carbocycles. The Morgan fingerprint density at radius 3 is 2.00 bits per heavy atom. The molecule has 4 heteroatoms. The van der Waals surface area contributed by atoms with Gasteiger partial charge in [0.15, 0.2) is 0 Å². The van der Waals surface area contributed by atoms with E-state index in [0.29, 0.717) is 6.42 Å². The third-order valence-electron chi connectivity index (χ3n) is 0.993. The summed E-state index contributed by atoms with van der Waals surface area (Å²) >= 11 is 0. The number of allylic oxidation sites excluding steroid dienone is 1. The summed E-state index contributed by atoms with van der Waals surface area (Å²) in [5.74, 6) is -0.245. The van der Waals surface area contributed by atoms with Gasteiger partial charge in [-0.25, -0.2) is 0 Å². The summed E-state index contributed by atoms with van der Waals surface area (Å²) in [5.41, 5.74) is 10.7. The number of nitrogens with two attached hydrogens (primary N) is 2. The predicted molar refractivity (Wildman–Crippen MR) is 46.5 cm³/mol. The first-order valence-corrected chi connectivity index (χ1v) is 3.43. The van der Waals surface area contributed by atoms with Crippen molar-refractivity contribution < 1.29 is 4.79 Å². The molecule has 0 aliphatic rings. The highest BCUT2D eigenvalue weighted by Crippen LogP contribution is 1.73. The van der Waals surface area contributed by atoms with E-state index in [4.69, 9.17) is 5.73 Å². The van der Waals surface area contributed by atoms with Crippen molar-refractivity contribution in [1.82, 2.24) is 5.32 Å². The second-order valence-corrected chi connectivity index (χ2v) is 1.92. The number of carbonyl (C=O) groups is 1. The van der Waals surface area contributed by atoms with Crippen LogP contribution in [-0.4, -0.2) is 13.0 Å². The highest BCUT2D eigenvalue weighted by Gasteiger charge is 1.77. The van der Waals surface area contributed by atoms with Gasteiger partial charge >= 0.3 is 0 Å². The molecule has 0 heterocycles. The van der Waals surface area contributed by atoms with Crippen LogP contribution in [-0.2, 0) is 4.79 Å². The zero-order chi connectivity index (χ0) is 9.28. The molecule has 11 heavy (non-hydrogen) atoms. The Bertz CT molecular complexity index is 132. The quantitative estimate of drug-likeness (QED) is 0.526. The SMILES string of the molecule is CCC(N)=O.CN/C(C)=C\N. The Labute approximate surface area is 67.6 Å². The third-order valence-corrected chi connectivity index (χ3v) is 0.993. The summed E-state index contributed by atoms with van der Waals surface area (Å²) in [4.78, 5) is 9.59. The van der Waals surface area contributed by atoms with Gasteiger partial charge in [-0.2, -0.15) is 0 Å². The number of carbonyl (C=O) groups excluding carboxylic acids is 1. The normalized spacial score (nSPS) is 9.55. The fourth-order valence-electron chi connectivity index (χ4n) is 0.0833.